The number of nitrogens with zero attached hydrogens (tertiary/aromatic N) is 1. The maximum atomic E-state index is 3.97. The van der Waals surface area contributed by atoms with Crippen molar-refractivity contribution >= 4 is 0 Å². The lowest BCUT2D eigenvalue weighted by Gasteiger charge is -2.27. The highest BCUT2D eigenvalue weighted by molar-refractivity contribution is 4.97. The van der Waals surface area contributed by atoms with Gasteiger partial charge in [-0.05, 0) is 64.5 Å². The van der Waals surface area contributed by atoms with Gasteiger partial charge in [0.2, 0.25) is 0 Å². The molecule has 0 aliphatic heterocycles. The van der Waals surface area contributed by atoms with E-state index in [1.54, 1.807) is 0 Å². The summed E-state index contributed by atoms with van der Waals surface area (Å²) < 4.78 is 0. The van der Waals surface area contributed by atoms with Gasteiger partial charge in [0.05, 0.1) is 0 Å². The van der Waals surface area contributed by atoms with Gasteiger partial charge in [-0.25, -0.2) is 0 Å². The highest BCUT2D eigenvalue weighted by atomic mass is 15.1. The van der Waals surface area contributed by atoms with Crippen LogP contribution >= 0.6 is 0 Å². The van der Waals surface area contributed by atoms with Crippen LogP contribution in [0, 0.1) is 11.8 Å². The first kappa shape index (κ1) is 11.0. The number of nitrogens with one attached hydrogen (secondary N) is 1. The normalized spacial score (nSPS) is 47.1. The Morgan fingerprint density at radius 3 is 2.38 bits per heavy atom. The minimum absolute atomic E-state index is 0.816. The van der Waals surface area contributed by atoms with Gasteiger partial charge in [0.1, 0.15) is 0 Å². The molecule has 0 aromatic heterocycles. The number of hydrogen-bond donors (Lipinski definition) is 1. The molecule has 92 valence electrons. The van der Waals surface area contributed by atoms with Crippen LogP contribution in [0.25, 0.3) is 0 Å². The van der Waals surface area contributed by atoms with E-state index >= 15 is 0 Å². The van der Waals surface area contributed by atoms with E-state index in [-0.39, 0.29) is 0 Å². The molecule has 3 aliphatic carbocycles. The smallest absolute Gasteiger partial charge is 0.0105 e. The molecule has 0 spiro atoms. The van der Waals surface area contributed by atoms with Crippen LogP contribution in [0.2, 0.25) is 0 Å². The Morgan fingerprint density at radius 1 is 0.938 bits per heavy atom. The molecule has 2 heteroatoms. The lowest BCUT2D eigenvalue weighted by Crippen LogP contribution is -2.41. The highest BCUT2D eigenvalue weighted by Gasteiger charge is 2.40. The maximum Gasteiger partial charge on any atom is 0.0105 e. The number of hydrogen-bond acceptors (Lipinski definition) is 2. The fourth-order valence-corrected chi connectivity index (χ4v) is 4.33. The third kappa shape index (κ3) is 2.02. The second-order valence-corrected chi connectivity index (χ2v) is 6.58. The van der Waals surface area contributed by atoms with E-state index in [0.717, 1.165) is 30.0 Å². The highest BCUT2D eigenvalue weighted by Crippen LogP contribution is 2.45. The van der Waals surface area contributed by atoms with Gasteiger partial charge >= 0.3 is 0 Å². The molecule has 2 nitrogen and oxygen atoms in total. The van der Waals surface area contributed by atoms with Crippen LogP contribution in [-0.2, 0) is 0 Å². The van der Waals surface area contributed by atoms with Gasteiger partial charge in [-0.3, -0.25) is 0 Å². The largest absolute Gasteiger partial charge is 0.311 e. The Hall–Kier alpha value is -0.0800. The van der Waals surface area contributed by atoms with Crippen molar-refractivity contribution in [2.45, 2.75) is 63.1 Å². The van der Waals surface area contributed by atoms with E-state index in [4.69, 9.17) is 0 Å². The molecule has 5 atom stereocenters. The predicted octanol–water partition coefficient (Wildman–Crippen LogP) is 2.25. The molecule has 3 saturated carbocycles. The van der Waals surface area contributed by atoms with Gasteiger partial charge in [0.15, 0.2) is 0 Å². The molecule has 0 heterocycles. The van der Waals surface area contributed by atoms with Gasteiger partial charge in [-0.15, -0.1) is 0 Å². The molecule has 1 N–H and O–H groups in total. The van der Waals surface area contributed by atoms with Gasteiger partial charge in [0.25, 0.3) is 0 Å². The number of rotatable bonds is 3. The first-order valence-electron chi connectivity index (χ1n) is 7.15. The molecule has 3 rings (SSSR count). The van der Waals surface area contributed by atoms with E-state index in [9.17, 15) is 0 Å². The molecule has 0 radical (unpaired) electrons. The summed E-state index contributed by atoms with van der Waals surface area (Å²) in [5.74, 6) is 2.11. The van der Waals surface area contributed by atoms with Crippen molar-refractivity contribution in [1.29, 1.82) is 0 Å². The quantitative estimate of drug-likeness (QED) is 0.788. The molecule has 0 aromatic rings. The molecule has 2 bridgehead atoms. The van der Waals surface area contributed by atoms with E-state index in [1.165, 1.54) is 44.9 Å². The van der Waals surface area contributed by atoms with Gasteiger partial charge in [-0.2, -0.15) is 0 Å². The summed E-state index contributed by atoms with van der Waals surface area (Å²) in [4.78, 5) is 2.41. The second-order valence-electron chi connectivity index (χ2n) is 6.58. The van der Waals surface area contributed by atoms with Crippen LogP contribution in [0.5, 0.6) is 0 Å². The van der Waals surface area contributed by atoms with Crippen molar-refractivity contribution in [3.8, 4) is 0 Å². The van der Waals surface area contributed by atoms with Crippen molar-refractivity contribution in [1.82, 2.24) is 10.2 Å². The standard InChI is InChI=1S/C14H26N2/c1-16(2)13-6-5-12(9-13)15-14-8-10-3-4-11(14)7-10/h10-15H,3-9H2,1-2H3. The number of fused-ring (bicyclic) bond motifs is 2. The molecule has 3 fully saturated rings. The molecule has 16 heavy (non-hydrogen) atoms. The van der Waals surface area contributed by atoms with Crippen LogP contribution in [0.1, 0.15) is 44.9 Å². The van der Waals surface area contributed by atoms with Crippen molar-refractivity contribution in [2.24, 2.45) is 11.8 Å². The zero-order valence-corrected chi connectivity index (χ0v) is 10.8. The Labute approximate surface area is 99.8 Å². The maximum absolute atomic E-state index is 3.97. The van der Waals surface area contributed by atoms with E-state index in [0.29, 0.717) is 0 Å². The van der Waals surface area contributed by atoms with E-state index in [1.807, 2.05) is 0 Å². The Bertz CT molecular complexity index is 251. The van der Waals surface area contributed by atoms with Crippen LogP contribution < -0.4 is 5.32 Å². The summed E-state index contributed by atoms with van der Waals surface area (Å²) in [7, 11) is 4.45. The summed E-state index contributed by atoms with van der Waals surface area (Å²) in [6.45, 7) is 0. The van der Waals surface area contributed by atoms with E-state index in [2.05, 4.69) is 24.3 Å². The van der Waals surface area contributed by atoms with Gasteiger partial charge in [0, 0.05) is 18.1 Å². The molecule has 5 unspecified atom stereocenters. The van der Waals surface area contributed by atoms with Crippen LogP contribution in [0.3, 0.4) is 0 Å². The summed E-state index contributed by atoms with van der Waals surface area (Å²) in [5.41, 5.74) is 0. The van der Waals surface area contributed by atoms with Crippen molar-refractivity contribution in [3.63, 3.8) is 0 Å². The topological polar surface area (TPSA) is 15.3 Å². The van der Waals surface area contributed by atoms with Gasteiger partial charge < -0.3 is 10.2 Å². The SMILES string of the molecule is CN(C)C1CCC(NC2CC3CCC2C3)C1. The Balaban J connectivity index is 1.49. The first-order chi connectivity index (χ1) is 7.72. The minimum atomic E-state index is 0.816. The fourth-order valence-electron chi connectivity index (χ4n) is 4.33. The third-order valence-electron chi connectivity index (χ3n) is 5.32. The monoisotopic (exact) mass is 222 g/mol. The zero-order valence-electron chi connectivity index (χ0n) is 10.8. The zero-order chi connectivity index (χ0) is 11.1. The van der Waals surface area contributed by atoms with Crippen molar-refractivity contribution in [3.05, 3.63) is 0 Å². The molecule has 3 aliphatic rings. The average molecular weight is 222 g/mol. The summed E-state index contributed by atoms with van der Waals surface area (Å²) in [6.07, 6.45) is 10.2. The predicted molar refractivity (Wildman–Crippen MR) is 67.5 cm³/mol. The molecular formula is C14H26N2. The Kier molecular flexibility index (Phi) is 2.97. The first-order valence-corrected chi connectivity index (χ1v) is 7.15. The summed E-state index contributed by atoms with van der Waals surface area (Å²) in [6, 6.07) is 2.53. The molecule has 0 aromatic carbocycles. The lowest BCUT2D eigenvalue weighted by molar-refractivity contribution is 0.279. The van der Waals surface area contributed by atoms with E-state index < -0.39 is 0 Å². The summed E-state index contributed by atoms with van der Waals surface area (Å²) >= 11 is 0. The molecular weight excluding hydrogens is 196 g/mol. The fraction of sp³-hybridized carbons (Fsp3) is 1.00. The van der Waals surface area contributed by atoms with Crippen LogP contribution in [0.15, 0.2) is 0 Å². The third-order valence-corrected chi connectivity index (χ3v) is 5.32. The average Bonchev–Trinajstić information content (AvgIpc) is 2.91. The molecule has 0 amide bonds. The van der Waals surface area contributed by atoms with Crippen molar-refractivity contribution < 1.29 is 0 Å². The van der Waals surface area contributed by atoms with Gasteiger partial charge in [-0.1, -0.05) is 6.42 Å². The minimum Gasteiger partial charge on any atom is -0.311 e. The van der Waals surface area contributed by atoms with Crippen LogP contribution in [-0.4, -0.2) is 37.1 Å². The Morgan fingerprint density at radius 2 is 1.81 bits per heavy atom. The van der Waals surface area contributed by atoms with Crippen LogP contribution in [0.4, 0.5) is 0 Å². The molecule has 0 saturated heterocycles. The summed E-state index contributed by atoms with van der Waals surface area (Å²) in [5, 5.41) is 3.97. The lowest BCUT2D eigenvalue weighted by atomic mass is 9.94. The second kappa shape index (κ2) is 4.30. The van der Waals surface area contributed by atoms with Crippen molar-refractivity contribution in [2.75, 3.05) is 14.1 Å².